The molecule has 1 fully saturated rings. The first-order chi connectivity index (χ1) is 13.1. The number of carbonyl (C=O) groups excluding carboxylic acids is 1. The van der Waals surface area contributed by atoms with Crippen molar-refractivity contribution in [2.75, 3.05) is 18.4 Å². The highest BCUT2D eigenvalue weighted by atomic mass is 35.5. The van der Waals surface area contributed by atoms with Gasteiger partial charge in [-0.15, -0.1) is 29.9 Å². The predicted molar refractivity (Wildman–Crippen MR) is 117 cm³/mol. The molecule has 8 nitrogen and oxygen atoms in total. The topological polar surface area (TPSA) is 89.7 Å². The van der Waals surface area contributed by atoms with Crippen molar-refractivity contribution in [1.82, 2.24) is 29.9 Å². The Hall–Kier alpha value is -2.42. The fourth-order valence-corrected chi connectivity index (χ4v) is 3.52. The summed E-state index contributed by atoms with van der Waals surface area (Å²) in [4.78, 5) is 17.1. The number of hydrogen-bond donors (Lipinski definition) is 2. The molecule has 0 radical (unpaired) electrons. The number of halogens is 2. The molecule has 29 heavy (non-hydrogen) atoms. The number of benzene rings is 1. The Bertz CT molecular complexity index is 963. The van der Waals surface area contributed by atoms with Crippen molar-refractivity contribution >= 4 is 36.4 Å². The van der Waals surface area contributed by atoms with Gasteiger partial charge in [-0.25, -0.2) is 9.67 Å². The number of imidazole rings is 1. The second-order valence-electron chi connectivity index (χ2n) is 6.85. The molecule has 0 aliphatic carbocycles. The van der Waals surface area contributed by atoms with Crippen LogP contribution in [0.5, 0.6) is 0 Å². The van der Waals surface area contributed by atoms with Gasteiger partial charge in [0.1, 0.15) is 5.82 Å². The third-order valence-electron chi connectivity index (χ3n) is 5.00. The highest BCUT2D eigenvalue weighted by Crippen LogP contribution is 2.23. The van der Waals surface area contributed by atoms with Crippen LogP contribution >= 0.6 is 24.8 Å². The summed E-state index contributed by atoms with van der Waals surface area (Å²) in [5.41, 5.74) is 2.82. The van der Waals surface area contributed by atoms with Crippen molar-refractivity contribution in [3.05, 3.63) is 48.0 Å². The van der Waals surface area contributed by atoms with E-state index in [2.05, 4.69) is 25.9 Å². The summed E-state index contributed by atoms with van der Waals surface area (Å²) in [6, 6.07) is 7.94. The van der Waals surface area contributed by atoms with Gasteiger partial charge in [0.2, 0.25) is 0 Å². The van der Waals surface area contributed by atoms with Crippen molar-refractivity contribution in [2.45, 2.75) is 25.8 Å². The minimum absolute atomic E-state index is 0. The quantitative estimate of drug-likeness (QED) is 0.654. The third kappa shape index (κ3) is 4.77. The van der Waals surface area contributed by atoms with Gasteiger partial charge >= 0.3 is 0 Å². The van der Waals surface area contributed by atoms with Crippen molar-refractivity contribution in [1.29, 1.82) is 0 Å². The summed E-state index contributed by atoms with van der Waals surface area (Å²) < 4.78 is 3.83. The van der Waals surface area contributed by atoms with Crippen LogP contribution in [0.25, 0.3) is 11.4 Å². The van der Waals surface area contributed by atoms with Gasteiger partial charge < -0.3 is 15.2 Å². The normalized spacial score (nSPS) is 14.0. The van der Waals surface area contributed by atoms with E-state index >= 15 is 0 Å². The molecule has 0 unspecified atom stereocenters. The highest BCUT2D eigenvalue weighted by molar-refractivity contribution is 6.03. The average Bonchev–Trinajstić information content (AvgIpc) is 3.28. The number of hydrogen-bond acceptors (Lipinski definition) is 5. The molecule has 1 saturated heterocycles. The molecule has 0 bridgehead atoms. The zero-order valence-electron chi connectivity index (χ0n) is 16.3. The van der Waals surface area contributed by atoms with Crippen molar-refractivity contribution in [3.63, 3.8) is 0 Å². The van der Waals surface area contributed by atoms with Gasteiger partial charge in [-0.1, -0.05) is 17.3 Å². The molecule has 1 aliphatic heterocycles. The Kier molecular flexibility index (Phi) is 7.78. The van der Waals surface area contributed by atoms with Gasteiger partial charge in [0.05, 0.1) is 11.7 Å². The predicted octanol–water partition coefficient (Wildman–Crippen LogP) is 3.01. The zero-order valence-corrected chi connectivity index (χ0v) is 18.0. The monoisotopic (exact) mass is 437 g/mol. The molecule has 0 saturated carbocycles. The number of rotatable bonds is 4. The van der Waals surface area contributed by atoms with Gasteiger partial charge in [0, 0.05) is 30.7 Å². The number of piperidine rings is 1. The number of anilines is 1. The summed E-state index contributed by atoms with van der Waals surface area (Å²) in [5, 5.41) is 14.6. The van der Waals surface area contributed by atoms with E-state index in [1.54, 1.807) is 6.20 Å². The molecule has 2 aromatic heterocycles. The molecular formula is C19H25Cl2N7O. The molecule has 1 aliphatic rings. The molecule has 0 spiro atoms. The van der Waals surface area contributed by atoms with E-state index in [4.69, 9.17) is 0 Å². The highest BCUT2D eigenvalue weighted by Gasteiger charge is 2.23. The van der Waals surface area contributed by atoms with E-state index in [0.717, 1.165) is 43.0 Å². The van der Waals surface area contributed by atoms with Crippen LogP contribution < -0.4 is 10.6 Å². The maximum Gasteiger partial charge on any atom is 0.278 e. The van der Waals surface area contributed by atoms with Crippen LogP contribution in [0.4, 0.5) is 5.69 Å². The number of nitrogens with one attached hydrogen (secondary N) is 2. The Morgan fingerprint density at radius 3 is 2.69 bits per heavy atom. The second-order valence-corrected chi connectivity index (χ2v) is 6.85. The van der Waals surface area contributed by atoms with Crippen molar-refractivity contribution < 1.29 is 4.79 Å². The summed E-state index contributed by atoms with van der Waals surface area (Å²) in [6.07, 6.45) is 5.64. The second kappa shape index (κ2) is 9.87. The number of aromatic nitrogens is 5. The summed E-state index contributed by atoms with van der Waals surface area (Å²) in [5.74, 6) is 0.601. The van der Waals surface area contributed by atoms with Gasteiger partial charge in [-0.05, 0) is 45.0 Å². The SMILES string of the molecule is Cc1c(C(=O)Nc2cccc(-c3nccn3C)c2)nnn1C1CCNCC1.Cl.Cl. The van der Waals surface area contributed by atoms with Gasteiger partial charge in [-0.2, -0.15) is 0 Å². The molecule has 10 heteroatoms. The summed E-state index contributed by atoms with van der Waals surface area (Å²) in [7, 11) is 1.94. The van der Waals surface area contributed by atoms with Crippen LogP contribution in [0.1, 0.15) is 35.1 Å². The van der Waals surface area contributed by atoms with Gasteiger partial charge in [0.15, 0.2) is 5.69 Å². The van der Waals surface area contributed by atoms with Crippen LogP contribution in [0.3, 0.4) is 0 Å². The zero-order chi connectivity index (χ0) is 18.8. The van der Waals surface area contributed by atoms with Crippen molar-refractivity contribution in [2.24, 2.45) is 7.05 Å². The lowest BCUT2D eigenvalue weighted by molar-refractivity contribution is 0.102. The standard InChI is InChI=1S/C19H23N7O.2ClH/c1-13-17(23-24-26(13)16-6-8-20-9-7-16)19(27)22-15-5-3-4-14(12-15)18-21-10-11-25(18)2;;/h3-5,10-12,16,20H,6-9H2,1-2H3,(H,22,27);2*1H. The lowest BCUT2D eigenvalue weighted by Crippen LogP contribution is -2.30. The maximum atomic E-state index is 12.7. The Morgan fingerprint density at radius 1 is 1.24 bits per heavy atom. The molecule has 1 aromatic carbocycles. The Labute approximate surface area is 181 Å². The molecular weight excluding hydrogens is 413 g/mol. The molecule has 2 N–H and O–H groups in total. The molecule has 156 valence electrons. The maximum absolute atomic E-state index is 12.7. The Balaban J connectivity index is 0.00000150. The van der Waals surface area contributed by atoms with Gasteiger partial charge in [0.25, 0.3) is 5.91 Å². The smallest absolute Gasteiger partial charge is 0.278 e. The van der Waals surface area contributed by atoms with E-state index in [-0.39, 0.29) is 30.7 Å². The van der Waals surface area contributed by atoms with Gasteiger partial charge in [-0.3, -0.25) is 4.79 Å². The van der Waals surface area contributed by atoms with E-state index in [0.29, 0.717) is 17.4 Å². The van der Waals surface area contributed by atoms with Crippen LogP contribution in [0.2, 0.25) is 0 Å². The number of amides is 1. The third-order valence-corrected chi connectivity index (χ3v) is 5.00. The lowest BCUT2D eigenvalue weighted by Gasteiger charge is -2.23. The first kappa shape index (κ1) is 22.9. The van der Waals surface area contributed by atoms with E-state index in [9.17, 15) is 4.79 Å². The van der Waals surface area contributed by atoms with Crippen LogP contribution in [0, 0.1) is 6.92 Å². The minimum Gasteiger partial charge on any atom is -0.334 e. The largest absolute Gasteiger partial charge is 0.334 e. The molecule has 3 aromatic rings. The summed E-state index contributed by atoms with van der Waals surface area (Å²) in [6.45, 7) is 3.83. The fourth-order valence-electron chi connectivity index (χ4n) is 3.52. The van der Waals surface area contributed by atoms with Crippen LogP contribution in [-0.4, -0.2) is 43.5 Å². The van der Waals surface area contributed by atoms with Crippen molar-refractivity contribution in [3.8, 4) is 11.4 Å². The first-order valence-corrected chi connectivity index (χ1v) is 9.15. The van der Waals surface area contributed by atoms with Crippen LogP contribution in [-0.2, 0) is 7.05 Å². The van der Waals surface area contributed by atoms with E-state index in [1.165, 1.54) is 0 Å². The average molecular weight is 438 g/mol. The number of aryl methyl sites for hydroxylation is 1. The summed E-state index contributed by atoms with van der Waals surface area (Å²) >= 11 is 0. The first-order valence-electron chi connectivity index (χ1n) is 9.15. The number of nitrogens with zero attached hydrogens (tertiary/aromatic N) is 5. The molecule has 4 rings (SSSR count). The molecule has 3 heterocycles. The lowest BCUT2D eigenvalue weighted by atomic mass is 10.1. The molecule has 1 amide bonds. The minimum atomic E-state index is -0.246. The van der Waals surface area contributed by atoms with E-state index in [1.807, 2.05) is 53.7 Å². The number of carbonyl (C=O) groups is 1. The fraction of sp³-hybridized carbons (Fsp3) is 0.368. The van der Waals surface area contributed by atoms with E-state index < -0.39 is 0 Å². The van der Waals surface area contributed by atoms with Crippen LogP contribution in [0.15, 0.2) is 36.7 Å². The molecule has 0 atom stereocenters. The Morgan fingerprint density at radius 2 is 2.00 bits per heavy atom.